The van der Waals surface area contributed by atoms with Gasteiger partial charge in [-0.25, -0.2) is 4.39 Å². The second kappa shape index (κ2) is 10.4. The smallest absolute Gasteiger partial charge is 0.349 e. The van der Waals surface area contributed by atoms with Crippen LogP contribution < -0.4 is 0 Å². The quantitative estimate of drug-likeness (QED) is 0.433. The van der Waals surface area contributed by atoms with E-state index in [0.29, 0.717) is 6.61 Å². The van der Waals surface area contributed by atoms with Crippen molar-refractivity contribution < 1.29 is 27.5 Å². The number of hydrogen-bond donors (Lipinski definition) is 0. The van der Waals surface area contributed by atoms with Gasteiger partial charge in [0.15, 0.2) is 0 Å². The second-order valence-corrected chi connectivity index (χ2v) is 16.3. The zero-order chi connectivity index (χ0) is 25.3. The van der Waals surface area contributed by atoms with Crippen molar-refractivity contribution in [3.8, 4) is 0 Å². The average molecular weight is 503 g/mol. The van der Waals surface area contributed by atoms with Gasteiger partial charge in [-0.05, 0) is 11.1 Å². The number of alkyl halides is 1. The molecule has 5 nitrogen and oxygen atoms in total. The third-order valence-corrected chi connectivity index (χ3v) is 12.0. The first kappa shape index (κ1) is 26.4. The van der Waals surface area contributed by atoms with Gasteiger partial charge in [0.2, 0.25) is 6.36 Å². The third kappa shape index (κ3) is 5.55. The topological polar surface area (TPSA) is 46.2 Å². The molecule has 192 valence electrons. The summed E-state index contributed by atoms with van der Waals surface area (Å²) in [5, 5.41) is -0.551. The summed E-state index contributed by atoms with van der Waals surface area (Å²) in [5.41, 5.74) is 1.99. The molecule has 35 heavy (non-hydrogen) atoms. The van der Waals surface area contributed by atoms with Crippen LogP contribution in [0, 0.1) is 0 Å². The molecule has 2 aromatic rings. The van der Waals surface area contributed by atoms with Crippen molar-refractivity contribution in [3.63, 3.8) is 0 Å². The van der Waals surface area contributed by atoms with Crippen molar-refractivity contribution in [2.45, 2.75) is 95.6 Å². The van der Waals surface area contributed by atoms with E-state index in [1.54, 1.807) is 0 Å². The van der Waals surface area contributed by atoms with Crippen LogP contribution in [0.25, 0.3) is 0 Å². The van der Waals surface area contributed by atoms with Gasteiger partial charge >= 0.3 is 8.56 Å². The van der Waals surface area contributed by atoms with Crippen LogP contribution in [-0.2, 0) is 36.3 Å². The minimum atomic E-state index is -2.96. The zero-order valence-corrected chi connectivity index (χ0v) is 22.7. The van der Waals surface area contributed by atoms with Crippen LogP contribution in [0.1, 0.15) is 52.7 Å². The van der Waals surface area contributed by atoms with Gasteiger partial charge in [-0.3, -0.25) is 0 Å². The van der Waals surface area contributed by atoms with Crippen LogP contribution in [0.2, 0.25) is 10.1 Å². The van der Waals surface area contributed by atoms with E-state index in [2.05, 4.69) is 41.5 Å². The molecule has 2 aliphatic rings. The molecular weight excluding hydrogens is 463 g/mol. The Kier molecular flexibility index (Phi) is 7.86. The van der Waals surface area contributed by atoms with E-state index >= 15 is 4.39 Å². The summed E-state index contributed by atoms with van der Waals surface area (Å²) in [6.45, 7) is 13.7. The lowest BCUT2D eigenvalue weighted by molar-refractivity contribution is -0.274. The molecule has 0 radical (unpaired) electrons. The lowest BCUT2D eigenvalue weighted by Crippen LogP contribution is -2.63. The van der Waals surface area contributed by atoms with Crippen molar-refractivity contribution in [1.82, 2.24) is 0 Å². The molecule has 2 fully saturated rings. The van der Waals surface area contributed by atoms with E-state index < -0.39 is 39.3 Å². The SMILES string of the molecule is CC(C)(C)[Si]1(C(C)(C)C)OC[C@H]2O[C@H](F)[C@H](OCc3ccccc3)[C@@H](O1)[C@@H]2OCc1ccccc1. The summed E-state index contributed by atoms with van der Waals surface area (Å²) in [6.07, 6.45) is -4.36. The summed E-state index contributed by atoms with van der Waals surface area (Å²) in [5.74, 6) is 0. The molecule has 2 aliphatic heterocycles. The maximum atomic E-state index is 15.5. The van der Waals surface area contributed by atoms with Crippen molar-refractivity contribution in [2.24, 2.45) is 0 Å². The molecule has 0 unspecified atom stereocenters. The first-order valence-corrected chi connectivity index (χ1v) is 14.3. The van der Waals surface area contributed by atoms with Crippen molar-refractivity contribution in [1.29, 1.82) is 0 Å². The predicted octanol–water partition coefficient (Wildman–Crippen LogP) is 6.31. The molecule has 0 N–H and O–H groups in total. The number of halogens is 1. The van der Waals surface area contributed by atoms with Crippen LogP contribution in [0.15, 0.2) is 60.7 Å². The number of benzene rings is 2. The molecule has 2 saturated heterocycles. The standard InChI is InChI=1S/C28H39FO5Si/c1-27(2,3)35(28(4,5)6)32-19-22-23(30-17-20-13-9-7-10-14-20)24(34-35)25(26(29)33-22)31-18-21-15-11-8-12-16-21/h7-16,22-26H,17-19H2,1-6H3/t22-,23-,24+,25-,26+/m1/s1. The Labute approximate surface area is 210 Å². The molecule has 0 saturated carbocycles. The van der Waals surface area contributed by atoms with Gasteiger partial charge in [-0.2, -0.15) is 0 Å². The van der Waals surface area contributed by atoms with E-state index in [9.17, 15) is 0 Å². The van der Waals surface area contributed by atoms with Crippen LogP contribution in [-0.4, -0.2) is 45.9 Å². The molecule has 0 amide bonds. The lowest BCUT2D eigenvalue weighted by atomic mass is 9.99. The molecule has 5 atom stereocenters. The highest BCUT2D eigenvalue weighted by Crippen LogP contribution is 2.55. The Hall–Kier alpha value is -1.61. The first-order chi connectivity index (χ1) is 16.5. The van der Waals surface area contributed by atoms with Crippen LogP contribution in [0.5, 0.6) is 0 Å². The molecule has 4 rings (SSSR count). The molecule has 2 aromatic carbocycles. The minimum Gasteiger partial charge on any atom is -0.391 e. The summed E-state index contributed by atoms with van der Waals surface area (Å²) in [4.78, 5) is 0. The van der Waals surface area contributed by atoms with E-state index in [0.717, 1.165) is 11.1 Å². The van der Waals surface area contributed by atoms with Crippen LogP contribution in [0.3, 0.4) is 0 Å². The van der Waals surface area contributed by atoms with Crippen molar-refractivity contribution in [2.75, 3.05) is 6.61 Å². The molecule has 2 heterocycles. The van der Waals surface area contributed by atoms with Crippen molar-refractivity contribution in [3.05, 3.63) is 71.8 Å². The normalized spacial score (nSPS) is 28.9. The van der Waals surface area contributed by atoms with Gasteiger partial charge in [0, 0.05) is 10.1 Å². The van der Waals surface area contributed by atoms with Gasteiger partial charge in [-0.1, -0.05) is 102 Å². The molecular formula is C28H39FO5Si. The minimum absolute atomic E-state index is 0.225. The summed E-state index contributed by atoms with van der Waals surface area (Å²) in [7, 11) is -2.96. The summed E-state index contributed by atoms with van der Waals surface area (Å²) in [6, 6.07) is 19.7. The number of fused-ring (bicyclic) bond motifs is 2. The van der Waals surface area contributed by atoms with Crippen LogP contribution >= 0.6 is 0 Å². The fraction of sp³-hybridized carbons (Fsp3) is 0.571. The number of rotatable bonds is 6. The predicted molar refractivity (Wildman–Crippen MR) is 136 cm³/mol. The Morgan fingerprint density at radius 2 is 1.29 bits per heavy atom. The largest absolute Gasteiger partial charge is 0.391 e. The maximum absolute atomic E-state index is 15.5. The number of hydrogen-bond acceptors (Lipinski definition) is 5. The molecule has 0 aromatic heterocycles. The van der Waals surface area contributed by atoms with Gasteiger partial charge in [0.05, 0.1) is 19.8 Å². The molecule has 0 aliphatic carbocycles. The van der Waals surface area contributed by atoms with E-state index in [1.165, 1.54) is 0 Å². The van der Waals surface area contributed by atoms with E-state index in [-0.39, 0.29) is 23.3 Å². The third-order valence-electron chi connectivity index (χ3n) is 6.88. The Balaban J connectivity index is 1.67. The molecule has 7 heteroatoms. The zero-order valence-electron chi connectivity index (χ0n) is 21.7. The second-order valence-electron chi connectivity index (χ2n) is 11.6. The highest BCUT2D eigenvalue weighted by Gasteiger charge is 2.64. The van der Waals surface area contributed by atoms with Gasteiger partial charge in [-0.15, -0.1) is 0 Å². The lowest BCUT2D eigenvalue weighted by Gasteiger charge is -2.50. The molecule has 0 spiro atoms. The fourth-order valence-electron chi connectivity index (χ4n) is 5.38. The van der Waals surface area contributed by atoms with E-state index in [4.69, 9.17) is 23.1 Å². The van der Waals surface area contributed by atoms with Crippen molar-refractivity contribution >= 4 is 8.56 Å². The highest BCUT2D eigenvalue weighted by molar-refractivity contribution is 6.73. The molecule has 2 bridgehead atoms. The number of ether oxygens (including phenoxy) is 3. The summed E-state index contributed by atoms with van der Waals surface area (Å²) >= 11 is 0. The van der Waals surface area contributed by atoms with Gasteiger partial charge in [0.25, 0.3) is 0 Å². The Bertz CT molecular complexity index is 929. The van der Waals surface area contributed by atoms with Crippen LogP contribution in [0.4, 0.5) is 4.39 Å². The fourth-order valence-corrected chi connectivity index (χ4v) is 10.3. The van der Waals surface area contributed by atoms with Gasteiger partial charge < -0.3 is 23.1 Å². The average Bonchev–Trinajstić information content (AvgIpc) is 2.92. The monoisotopic (exact) mass is 502 g/mol. The summed E-state index contributed by atoms with van der Waals surface area (Å²) < 4.78 is 47.6. The Morgan fingerprint density at radius 1 is 0.800 bits per heavy atom. The first-order valence-electron chi connectivity index (χ1n) is 12.4. The highest BCUT2D eigenvalue weighted by atomic mass is 28.4. The maximum Gasteiger partial charge on any atom is 0.349 e. The van der Waals surface area contributed by atoms with E-state index in [1.807, 2.05) is 60.7 Å². The van der Waals surface area contributed by atoms with Gasteiger partial charge in [0.1, 0.15) is 24.4 Å². The Morgan fingerprint density at radius 3 is 1.77 bits per heavy atom.